The summed E-state index contributed by atoms with van der Waals surface area (Å²) in [5, 5.41) is 10.8. The number of nitrogens with zero attached hydrogens (tertiary/aromatic N) is 1. The fraction of sp³-hybridized carbons (Fsp3) is 0.538. The largest absolute Gasteiger partial charge is 0.486 e. The normalized spacial score (nSPS) is 13.1. The molecule has 0 N–H and O–H groups in total. The second-order valence-corrected chi connectivity index (χ2v) is 5.79. The summed E-state index contributed by atoms with van der Waals surface area (Å²) in [6, 6.07) is 3.29. The first-order valence-electron chi connectivity index (χ1n) is 5.93. The van der Waals surface area contributed by atoms with E-state index in [9.17, 15) is 14.5 Å². The van der Waals surface area contributed by atoms with Crippen LogP contribution in [0.4, 0.5) is 10.1 Å². The van der Waals surface area contributed by atoms with Crippen LogP contribution < -0.4 is 4.74 Å². The molecule has 4 nitrogen and oxygen atoms in total. The summed E-state index contributed by atoms with van der Waals surface area (Å²) < 4.78 is 18.5. The second kappa shape index (κ2) is 6.23. The van der Waals surface area contributed by atoms with E-state index >= 15 is 0 Å². The van der Waals surface area contributed by atoms with Gasteiger partial charge in [-0.3, -0.25) is 10.1 Å². The van der Waals surface area contributed by atoms with E-state index in [-0.39, 0.29) is 22.8 Å². The van der Waals surface area contributed by atoms with Gasteiger partial charge in [0.15, 0.2) is 5.75 Å². The fourth-order valence-electron chi connectivity index (χ4n) is 1.52. The standard InChI is InChI=1S/C13H18FNO3S/c1-13(2,3)9(8-19)7-18-12-5-4-10(14)6-11(12)15(16)17/h4-6,9,19H,7-8H2,1-3H3. The molecular weight excluding hydrogens is 269 g/mol. The Labute approximate surface area is 117 Å². The van der Waals surface area contributed by atoms with Gasteiger partial charge in [-0.1, -0.05) is 20.8 Å². The smallest absolute Gasteiger partial charge is 0.313 e. The lowest BCUT2D eigenvalue weighted by Gasteiger charge is -2.29. The Balaban J connectivity index is 2.86. The molecule has 0 bridgehead atoms. The fourth-order valence-corrected chi connectivity index (χ4v) is 2.18. The summed E-state index contributed by atoms with van der Waals surface area (Å²) in [6.07, 6.45) is 0. The van der Waals surface area contributed by atoms with E-state index in [2.05, 4.69) is 33.4 Å². The molecule has 106 valence electrons. The van der Waals surface area contributed by atoms with Crippen molar-refractivity contribution < 1.29 is 14.1 Å². The molecule has 0 aliphatic heterocycles. The van der Waals surface area contributed by atoms with Crippen LogP contribution in [0.5, 0.6) is 5.75 Å². The van der Waals surface area contributed by atoms with Crippen molar-refractivity contribution in [1.29, 1.82) is 0 Å². The van der Waals surface area contributed by atoms with E-state index in [4.69, 9.17) is 4.74 Å². The van der Waals surface area contributed by atoms with E-state index < -0.39 is 10.7 Å². The molecule has 0 heterocycles. The maximum absolute atomic E-state index is 13.0. The molecule has 1 atom stereocenters. The Bertz CT molecular complexity index is 460. The Morgan fingerprint density at radius 2 is 2.11 bits per heavy atom. The zero-order valence-electron chi connectivity index (χ0n) is 11.2. The number of rotatable bonds is 5. The van der Waals surface area contributed by atoms with Crippen molar-refractivity contribution in [1.82, 2.24) is 0 Å². The SMILES string of the molecule is CC(C)(C)C(CS)COc1ccc(F)cc1[N+](=O)[O-]. The Morgan fingerprint density at radius 1 is 1.47 bits per heavy atom. The van der Waals surface area contributed by atoms with E-state index in [1.165, 1.54) is 6.07 Å². The summed E-state index contributed by atoms with van der Waals surface area (Å²) in [6.45, 7) is 6.46. The van der Waals surface area contributed by atoms with Crippen molar-refractivity contribution >= 4 is 18.3 Å². The molecule has 0 spiro atoms. The lowest BCUT2D eigenvalue weighted by Crippen LogP contribution is -2.28. The molecule has 0 saturated carbocycles. The third-order valence-corrected chi connectivity index (χ3v) is 3.44. The topological polar surface area (TPSA) is 52.4 Å². The molecule has 0 aliphatic rings. The van der Waals surface area contributed by atoms with Crippen LogP contribution in [0, 0.1) is 27.3 Å². The molecule has 1 aromatic carbocycles. The lowest BCUT2D eigenvalue weighted by atomic mass is 9.82. The van der Waals surface area contributed by atoms with Gasteiger partial charge in [0, 0.05) is 5.92 Å². The molecule has 0 aromatic heterocycles. The van der Waals surface area contributed by atoms with Gasteiger partial charge in [0.05, 0.1) is 17.6 Å². The first kappa shape index (κ1) is 15.8. The van der Waals surface area contributed by atoms with Gasteiger partial charge < -0.3 is 4.74 Å². The van der Waals surface area contributed by atoms with Gasteiger partial charge in [-0.2, -0.15) is 12.6 Å². The van der Waals surface area contributed by atoms with Gasteiger partial charge >= 0.3 is 5.69 Å². The first-order chi connectivity index (χ1) is 8.75. The molecule has 0 amide bonds. The summed E-state index contributed by atoms with van der Waals surface area (Å²) in [7, 11) is 0. The highest BCUT2D eigenvalue weighted by atomic mass is 32.1. The number of halogens is 1. The number of thiol groups is 1. The van der Waals surface area contributed by atoms with Crippen molar-refractivity contribution in [3.63, 3.8) is 0 Å². The molecule has 0 aliphatic carbocycles. The minimum Gasteiger partial charge on any atom is -0.486 e. The van der Waals surface area contributed by atoms with Gasteiger partial charge in [0.25, 0.3) is 0 Å². The van der Waals surface area contributed by atoms with Crippen LogP contribution in [0.2, 0.25) is 0 Å². The van der Waals surface area contributed by atoms with Crippen LogP contribution in [0.25, 0.3) is 0 Å². The van der Waals surface area contributed by atoms with Gasteiger partial charge in [0.1, 0.15) is 5.82 Å². The van der Waals surface area contributed by atoms with E-state index in [1.54, 1.807) is 0 Å². The maximum atomic E-state index is 13.0. The van der Waals surface area contributed by atoms with Gasteiger partial charge in [-0.25, -0.2) is 4.39 Å². The third-order valence-electron chi connectivity index (χ3n) is 3.00. The van der Waals surface area contributed by atoms with Crippen molar-refractivity contribution in [3.05, 3.63) is 34.1 Å². The Morgan fingerprint density at radius 3 is 2.58 bits per heavy atom. The van der Waals surface area contributed by atoms with Gasteiger partial charge in [-0.05, 0) is 23.3 Å². The van der Waals surface area contributed by atoms with Crippen LogP contribution in [-0.4, -0.2) is 17.3 Å². The number of nitro benzene ring substituents is 1. The van der Waals surface area contributed by atoms with Crippen LogP contribution >= 0.6 is 12.6 Å². The number of hydrogen-bond acceptors (Lipinski definition) is 4. The molecule has 19 heavy (non-hydrogen) atoms. The molecule has 1 unspecified atom stereocenters. The zero-order valence-corrected chi connectivity index (χ0v) is 12.1. The zero-order chi connectivity index (χ0) is 14.6. The van der Waals surface area contributed by atoms with Gasteiger partial charge in [-0.15, -0.1) is 0 Å². The number of benzene rings is 1. The van der Waals surface area contributed by atoms with Crippen LogP contribution in [0.15, 0.2) is 18.2 Å². The molecule has 1 aromatic rings. The van der Waals surface area contributed by atoms with Crippen LogP contribution in [-0.2, 0) is 0 Å². The van der Waals surface area contributed by atoms with E-state index in [0.29, 0.717) is 12.4 Å². The highest BCUT2D eigenvalue weighted by Crippen LogP contribution is 2.31. The summed E-state index contributed by atoms with van der Waals surface area (Å²) in [5.74, 6) is 0.182. The lowest BCUT2D eigenvalue weighted by molar-refractivity contribution is -0.386. The van der Waals surface area contributed by atoms with Crippen molar-refractivity contribution in [3.8, 4) is 5.75 Å². The average molecular weight is 287 g/mol. The Kier molecular flexibility index (Phi) is 5.17. The summed E-state index contributed by atoms with van der Waals surface area (Å²) in [4.78, 5) is 10.2. The molecule has 0 saturated heterocycles. The summed E-state index contributed by atoms with van der Waals surface area (Å²) in [5.41, 5.74) is -0.372. The third kappa shape index (κ3) is 4.38. The minimum absolute atomic E-state index is 0.0173. The molecule has 1 rings (SSSR count). The molecule has 0 fully saturated rings. The summed E-state index contributed by atoms with van der Waals surface area (Å²) >= 11 is 4.26. The molecular formula is C13H18FNO3S. The van der Waals surface area contributed by atoms with Crippen molar-refractivity contribution in [2.45, 2.75) is 20.8 Å². The molecule has 0 radical (unpaired) electrons. The highest BCUT2D eigenvalue weighted by molar-refractivity contribution is 7.80. The quantitative estimate of drug-likeness (QED) is 0.510. The highest BCUT2D eigenvalue weighted by Gasteiger charge is 2.25. The van der Waals surface area contributed by atoms with E-state index in [0.717, 1.165) is 12.1 Å². The Hall–Kier alpha value is -1.30. The number of hydrogen-bond donors (Lipinski definition) is 1. The van der Waals surface area contributed by atoms with Crippen molar-refractivity contribution in [2.24, 2.45) is 11.3 Å². The minimum atomic E-state index is -0.652. The van der Waals surface area contributed by atoms with Crippen molar-refractivity contribution in [2.75, 3.05) is 12.4 Å². The predicted molar refractivity (Wildman–Crippen MR) is 75.3 cm³/mol. The first-order valence-corrected chi connectivity index (χ1v) is 6.56. The van der Waals surface area contributed by atoms with Crippen LogP contribution in [0.1, 0.15) is 20.8 Å². The van der Waals surface area contributed by atoms with E-state index in [1.807, 2.05) is 0 Å². The molecule has 6 heteroatoms. The predicted octanol–water partition coefficient (Wildman–Crippen LogP) is 3.70. The number of nitro groups is 1. The number of ether oxygens (including phenoxy) is 1. The maximum Gasteiger partial charge on any atom is 0.313 e. The van der Waals surface area contributed by atoms with Crippen LogP contribution in [0.3, 0.4) is 0 Å². The average Bonchev–Trinajstić information content (AvgIpc) is 2.29. The van der Waals surface area contributed by atoms with Gasteiger partial charge in [0.2, 0.25) is 0 Å². The second-order valence-electron chi connectivity index (χ2n) is 5.43. The monoisotopic (exact) mass is 287 g/mol.